The molecule has 0 spiro atoms. The lowest BCUT2D eigenvalue weighted by Crippen LogP contribution is -2.60. The number of aryl methyl sites for hydroxylation is 1. The summed E-state index contributed by atoms with van der Waals surface area (Å²) < 4.78 is 0. The Morgan fingerprint density at radius 3 is 2.12 bits per heavy atom. The SMILES string of the molecule is Cc1ccccc1N1C(c2ccccc2)N2C=CC(C)(C)C2(C2CCCCCCC2)[C@@H]1C. The Balaban J connectivity index is 1.70. The molecule has 2 fully saturated rings. The van der Waals surface area contributed by atoms with Gasteiger partial charge < -0.3 is 9.80 Å². The van der Waals surface area contributed by atoms with E-state index in [9.17, 15) is 0 Å². The van der Waals surface area contributed by atoms with Crippen LogP contribution in [0.3, 0.4) is 0 Å². The molecule has 0 bridgehead atoms. The molecule has 2 aromatic rings. The predicted molar refractivity (Wildman–Crippen MR) is 136 cm³/mol. The molecule has 2 unspecified atom stereocenters. The van der Waals surface area contributed by atoms with Crippen LogP contribution in [0.15, 0.2) is 66.9 Å². The molecule has 1 saturated heterocycles. The lowest BCUT2D eigenvalue weighted by molar-refractivity contribution is 0.00639. The maximum atomic E-state index is 2.80. The third-order valence-corrected chi connectivity index (χ3v) is 8.91. The Hall–Kier alpha value is -2.22. The van der Waals surface area contributed by atoms with E-state index in [1.807, 2.05) is 0 Å². The van der Waals surface area contributed by atoms with Gasteiger partial charge in [0, 0.05) is 11.1 Å². The minimum Gasteiger partial charge on any atom is -0.345 e. The van der Waals surface area contributed by atoms with E-state index in [0.717, 1.165) is 0 Å². The predicted octanol–water partition coefficient (Wildman–Crippen LogP) is 7.86. The smallest absolute Gasteiger partial charge is 0.128 e. The van der Waals surface area contributed by atoms with Gasteiger partial charge in [-0.2, -0.15) is 0 Å². The Morgan fingerprint density at radius 1 is 0.812 bits per heavy atom. The highest BCUT2D eigenvalue weighted by atomic mass is 15.5. The molecular formula is C30H40N2. The van der Waals surface area contributed by atoms with Gasteiger partial charge in [0.05, 0.1) is 11.6 Å². The first kappa shape index (κ1) is 21.6. The van der Waals surface area contributed by atoms with Gasteiger partial charge in [0.1, 0.15) is 6.17 Å². The molecule has 2 heteroatoms. The van der Waals surface area contributed by atoms with Crippen molar-refractivity contribution in [2.75, 3.05) is 4.90 Å². The van der Waals surface area contributed by atoms with E-state index in [4.69, 9.17) is 0 Å². The zero-order chi connectivity index (χ0) is 22.3. The fraction of sp³-hybridized carbons (Fsp3) is 0.533. The maximum Gasteiger partial charge on any atom is 0.128 e. The molecule has 5 rings (SSSR count). The summed E-state index contributed by atoms with van der Waals surface area (Å²) >= 11 is 0. The van der Waals surface area contributed by atoms with Gasteiger partial charge >= 0.3 is 0 Å². The first-order valence-electron chi connectivity index (χ1n) is 12.8. The number of fused-ring (bicyclic) bond motifs is 1. The molecule has 0 aromatic heterocycles. The molecule has 170 valence electrons. The molecule has 2 aromatic carbocycles. The summed E-state index contributed by atoms with van der Waals surface area (Å²) in [5.74, 6) is 0.711. The van der Waals surface area contributed by atoms with Crippen molar-refractivity contribution in [1.82, 2.24) is 4.90 Å². The Bertz CT molecular complexity index is 954. The molecule has 0 N–H and O–H groups in total. The molecule has 0 amide bonds. The van der Waals surface area contributed by atoms with Gasteiger partial charge in [-0.25, -0.2) is 0 Å². The van der Waals surface area contributed by atoms with E-state index >= 15 is 0 Å². The summed E-state index contributed by atoms with van der Waals surface area (Å²) in [5.41, 5.74) is 4.39. The second-order valence-corrected chi connectivity index (χ2v) is 11.0. The monoisotopic (exact) mass is 428 g/mol. The zero-order valence-corrected chi connectivity index (χ0v) is 20.4. The lowest BCUT2D eigenvalue weighted by Gasteiger charge is -2.52. The van der Waals surface area contributed by atoms with Crippen molar-refractivity contribution in [3.05, 3.63) is 78.0 Å². The topological polar surface area (TPSA) is 6.48 Å². The maximum absolute atomic E-state index is 2.80. The first-order chi connectivity index (χ1) is 15.5. The van der Waals surface area contributed by atoms with E-state index in [2.05, 4.69) is 104 Å². The van der Waals surface area contributed by atoms with Crippen LogP contribution in [-0.4, -0.2) is 16.5 Å². The van der Waals surface area contributed by atoms with Gasteiger partial charge in [-0.15, -0.1) is 0 Å². The van der Waals surface area contributed by atoms with Crippen LogP contribution in [0.1, 0.15) is 83.0 Å². The first-order valence-corrected chi connectivity index (χ1v) is 12.8. The third kappa shape index (κ3) is 3.13. The Labute approximate surface area is 195 Å². The molecule has 0 radical (unpaired) electrons. The lowest BCUT2D eigenvalue weighted by atomic mass is 9.60. The van der Waals surface area contributed by atoms with Crippen LogP contribution in [0.25, 0.3) is 0 Å². The zero-order valence-electron chi connectivity index (χ0n) is 20.4. The van der Waals surface area contributed by atoms with Crippen molar-refractivity contribution >= 4 is 5.69 Å². The normalized spacial score (nSPS) is 30.2. The average molecular weight is 429 g/mol. The number of para-hydroxylation sites is 1. The van der Waals surface area contributed by atoms with Gasteiger partial charge in [0.2, 0.25) is 0 Å². The highest BCUT2D eigenvalue weighted by Crippen LogP contribution is 2.62. The molecule has 1 saturated carbocycles. The van der Waals surface area contributed by atoms with Crippen LogP contribution < -0.4 is 4.90 Å². The van der Waals surface area contributed by atoms with E-state index in [-0.39, 0.29) is 17.1 Å². The molecule has 2 aliphatic heterocycles. The van der Waals surface area contributed by atoms with Gasteiger partial charge in [0.25, 0.3) is 0 Å². The number of rotatable bonds is 3. The fourth-order valence-corrected chi connectivity index (χ4v) is 7.57. The van der Waals surface area contributed by atoms with Crippen LogP contribution in [0.5, 0.6) is 0 Å². The molecule has 3 atom stereocenters. The minimum atomic E-state index is 0.104. The second kappa shape index (κ2) is 8.28. The van der Waals surface area contributed by atoms with Crippen molar-refractivity contribution in [2.24, 2.45) is 11.3 Å². The third-order valence-electron chi connectivity index (χ3n) is 8.91. The molecule has 32 heavy (non-hydrogen) atoms. The summed E-state index contributed by atoms with van der Waals surface area (Å²) in [6.07, 6.45) is 14.9. The van der Waals surface area contributed by atoms with Crippen molar-refractivity contribution < 1.29 is 0 Å². The quantitative estimate of drug-likeness (QED) is 0.491. The van der Waals surface area contributed by atoms with E-state index in [0.29, 0.717) is 12.0 Å². The summed E-state index contributed by atoms with van der Waals surface area (Å²) in [4.78, 5) is 5.56. The van der Waals surface area contributed by atoms with Crippen LogP contribution >= 0.6 is 0 Å². The molecule has 3 aliphatic rings. The van der Waals surface area contributed by atoms with Crippen molar-refractivity contribution in [2.45, 2.75) is 90.4 Å². The van der Waals surface area contributed by atoms with Crippen molar-refractivity contribution in [3.63, 3.8) is 0 Å². The number of hydrogen-bond acceptors (Lipinski definition) is 2. The van der Waals surface area contributed by atoms with Crippen molar-refractivity contribution in [3.8, 4) is 0 Å². The highest BCUT2D eigenvalue weighted by molar-refractivity contribution is 5.59. The second-order valence-electron chi connectivity index (χ2n) is 11.0. The van der Waals surface area contributed by atoms with Gasteiger partial charge in [-0.1, -0.05) is 101 Å². The summed E-state index contributed by atoms with van der Waals surface area (Å²) in [6, 6.07) is 20.6. The van der Waals surface area contributed by atoms with Gasteiger partial charge in [0.15, 0.2) is 0 Å². The summed E-state index contributed by atoms with van der Waals surface area (Å²) in [7, 11) is 0. The molecule has 1 aliphatic carbocycles. The van der Waals surface area contributed by atoms with E-state index < -0.39 is 0 Å². The number of nitrogens with zero attached hydrogens (tertiary/aromatic N) is 2. The van der Waals surface area contributed by atoms with Crippen molar-refractivity contribution in [1.29, 1.82) is 0 Å². The van der Waals surface area contributed by atoms with E-state index in [1.165, 1.54) is 61.8 Å². The number of anilines is 1. The molecule has 2 heterocycles. The number of hydrogen-bond donors (Lipinski definition) is 0. The molecular weight excluding hydrogens is 388 g/mol. The molecule has 2 nitrogen and oxygen atoms in total. The summed E-state index contributed by atoms with van der Waals surface area (Å²) in [5, 5.41) is 0. The average Bonchev–Trinajstić information content (AvgIpc) is 3.19. The van der Waals surface area contributed by atoms with Crippen LogP contribution in [0.4, 0.5) is 5.69 Å². The van der Waals surface area contributed by atoms with Crippen LogP contribution in [-0.2, 0) is 0 Å². The van der Waals surface area contributed by atoms with E-state index in [1.54, 1.807) is 0 Å². The van der Waals surface area contributed by atoms with Crippen LogP contribution in [0, 0.1) is 18.3 Å². The summed E-state index contributed by atoms with van der Waals surface area (Å²) in [6.45, 7) is 9.80. The van der Waals surface area contributed by atoms with Gasteiger partial charge in [-0.05, 0) is 56.0 Å². The van der Waals surface area contributed by atoms with Crippen LogP contribution in [0.2, 0.25) is 0 Å². The largest absolute Gasteiger partial charge is 0.345 e. The number of benzene rings is 2. The van der Waals surface area contributed by atoms with Gasteiger partial charge in [-0.3, -0.25) is 0 Å². The minimum absolute atomic E-state index is 0.104. The standard InChI is InChI=1S/C30H40N2/c1-23-15-13-14-20-27(23)32-24(2)30(26-18-11-6-5-7-12-19-26)29(3,4)21-22-31(30)28(32)25-16-9-8-10-17-25/h8-10,13-17,20-22,24,26,28H,5-7,11-12,18-19H2,1-4H3/t24-,28?,30?/m0/s1. The Kier molecular flexibility index (Phi) is 5.60. The fourth-order valence-electron chi connectivity index (χ4n) is 7.57. The Morgan fingerprint density at radius 2 is 1.44 bits per heavy atom. The highest BCUT2D eigenvalue weighted by Gasteiger charge is 2.66.